The molecule has 7 rings (SSSR count). The summed E-state index contributed by atoms with van der Waals surface area (Å²) in [6.07, 6.45) is 5.82. The SMILES string of the molecule is C.CC1CCN(CC(=O)OCCCN(C)C)CC1.Cc1cc(C[C@@H](OC(=O)N2CCC(N3CCc4ccccc4NC3=O)CC2)C(=O)N2CCC(C)CC2)cc2oc(=O)n(C)c12. The Morgan fingerprint density at radius 1 is 0.887 bits per heavy atom. The van der Waals surface area contributed by atoms with Gasteiger partial charge < -0.3 is 38.8 Å². The van der Waals surface area contributed by atoms with Gasteiger partial charge in [0.05, 0.1) is 18.7 Å². The normalized spacial score (nSPS) is 18.6. The highest BCUT2D eigenvalue weighted by Gasteiger charge is 2.35. The van der Waals surface area contributed by atoms with E-state index >= 15 is 0 Å². The van der Waals surface area contributed by atoms with E-state index in [2.05, 4.69) is 29.0 Å². The molecule has 0 unspecified atom stereocenters. The van der Waals surface area contributed by atoms with Crippen LogP contribution in [0.25, 0.3) is 11.1 Å². The number of aryl methyl sites for hydroxylation is 2. The Morgan fingerprint density at radius 2 is 1.53 bits per heavy atom. The summed E-state index contributed by atoms with van der Waals surface area (Å²) in [5.74, 6) is 0.633. The smallest absolute Gasteiger partial charge is 0.419 e. The molecule has 3 aromatic rings. The number of likely N-dealkylation sites (tertiary alicyclic amines) is 3. The molecular weight excluding hydrogens is 791 g/mol. The van der Waals surface area contributed by atoms with Crippen molar-refractivity contribution in [3.63, 3.8) is 0 Å². The topological polar surface area (TPSA) is 150 Å². The minimum Gasteiger partial charge on any atom is -0.465 e. The van der Waals surface area contributed by atoms with Crippen molar-refractivity contribution in [2.75, 3.05) is 84.9 Å². The van der Waals surface area contributed by atoms with Crippen molar-refractivity contribution in [3.05, 3.63) is 63.6 Å². The number of fused-ring (bicyclic) bond motifs is 2. The Morgan fingerprint density at radius 3 is 2.21 bits per heavy atom. The lowest BCUT2D eigenvalue weighted by Gasteiger charge is -2.38. The number of para-hydroxylation sites is 1. The molecule has 4 aliphatic rings. The predicted molar refractivity (Wildman–Crippen MR) is 241 cm³/mol. The summed E-state index contributed by atoms with van der Waals surface area (Å²) in [6.45, 7) is 13.1. The van der Waals surface area contributed by atoms with E-state index < -0.39 is 18.0 Å². The molecule has 0 bridgehead atoms. The molecule has 4 amide bonds. The van der Waals surface area contributed by atoms with Crippen LogP contribution in [0.4, 0.5) is 15.3 Å². The number of piperidine rings is 3. The Hall–Kier alpha value is -4.89. The zero-order valence-corrected chi connectivity index (χ0v) is 37.2. The van der Waals surface area contributed by atoms with E-state index in [1.54, 1.807) is 22.9 Å². The Balaban J connectivity index is 0.000000341. The summed E-state index contributed by atoms with van der Waals surface area (Å²) in [5.41, 5.74) is 4.72. The van der Waals surface area contributed by atoms with Gasteiger partial charge in [0.1, 0.15) is 0 Å². The summed E-state index contributed by atoms with van der Waals surface area (Å²) in [7, 11) is 5.71. The number of amides is 4. The van der Waals surface area contributed by atoms with Crippen molar-refractivity contribution in [2.24, 2.45) is 18.9 Å². The van der Waals surface area contributed by atoms with E-state index in [-0.39, 0.29) is 37.8 Å². The van der Waals surface area contributed by atoms with Crippen molar-refractivity contribution in [1.82, 2.24) is 29.1 Å². The molecule has 0 saturated carbocycles. The van der Waals surface area contributed by atoms with E-state index in [1.807, 2.05) is 56.3 Å². The van der Waals surface area contributed by atoms with Crippen molar-refractivity contribution >= 4 is 40.8 Å². The lowest BCUT2D eigenvalue weighted by Crippen LogP contribution is -2.51. The van der Waals surface area contributed by atoms with Crippen LogP contribution in [0.15, 0.2) is 45.6 Å². The van der Waals surface area contributed by atoms with Gasteiger partial charge in [0.25, 0.3) is 5.91 Å². The van der Waals surface area contributed by atoms with Crippen LogP contribution in [0.3, 0.4) is 0 Å². The zero-order chi connectivity index (χ0) is 43.6. The number of ether oxygens (including phenoxy) is 2. The van der Waals surface area contributed by atoms with Gasteiger partial charge in [-0.3, -0.25) is 19.1 Å². The summed E-state index contributed by atoms with van der Waals surface area (Å²) in [6, 6.07) is 11.4. The van der Waals surface area contributed by atoms with E-state index in [9.17, 15) is 24.0 Å². The first-order valence-corrected chi connectivity index (χ1v) is 22.3. The number of benzene rings is 2. The number of anilines is 1. The first-order valence-electron chi connectivity index (χ1n) is 22.3. The van der Waals surface area contributed by atoms with Gasteiger partial charge in [0.2, 0.25) is 0 Å². The molecule has 1 atom stereocenters. The number of aromatic nitrogens is 1. The molecule has 1 N–H and O–H groups in total. The molecular formula is C47H71N7O8. The largest absolute Gasteiger partial charge is 0.465 e. The number of rotatable bonds is 11. The third-order valence-electron chi connectivity index (χ3n) is 12.7. The molecule has 2 aromatic carbocycles. The number of hydrogen-bond donors (Lipinski definition) is 1. The number of nitrogens with zero attached hydrogens (tertiary/aromatic N) is 6. The van der Waals surface area contributed by atoms with Gasteiger partial charge in [-0.15, -0.1) is 0 Å². The molecule has 15 heteroatoms. The fraction of sp³-hybridized carbons (Fsp3) is 0.638. The summed E-state index contributed by atoms with van der Waals surface area (Å²) < 4.78 is 18.1. The van der Waals surface area contributed by atoms with E-state index in [0.717, 1.165) is 73.6 Å². The first-order chi connectivity index (χ1) is 29.2. The van der Waals surface area contributed by atoms with E-state index in [1.165, 1.54) is 17.4 Å². The lowest BCUT2D eigenvalue weighted by molar-refractivity contribution is -0.145. The second kappa shape index (κ2) is 22.5. The molecule has 62 heavy (non-hydrogen) atoms. The summed E-state index contributed by atoms with van der Waals surface area (Å²) in [5, 5.41) is 3.03. The van der Waals surface area contributed by atoms with E-state index in [4.69, 9.17) is 13.9 Å². The van der Waals surface area contributed by atoms with Crippen LogP contribution in [-0.4, -0.2) is 145 Å². The summed E-state index contributed by atoms with van der Waals surface area (Å²) in [4.78, 5) is 73.6. The zero-order valence-electron chi connectivity index (χ0n) is 37.2. The van der Waals surface area contributed by atoms with Gasteiger partial charge in [-0.05, 0) is 126 Å². The van der Waals surface area contributed by atoms with E-state index in [0.29, 0.717) is 75.7 Å². The highest BCUT2D eigenvalue weighted by molar-refractivity contribution is 5.91. The molecule has 342 valence electrons. The number of carbonyl (C=O) groups is 4. The molecule has 4 aliphatic heterocycles. The molecule has 15 nitrogen and oxygen atoms in total. The van der Waals surface area contributed by atoms with Gasteiger partial charge in [-0.2, -0.15) is 0 Å². The monoisotopic (exact) mass is 862 g/mol. The van der Waals surface area contributed by atoms with Crippen LogP contribution in [-0.2, 0) is 39.0 Å². The van der Waals surface area contributed by atoms with Crippen LogP contribution in [0.2, 0.25) is 0 Å². The molecule has 1 aromatic heterocycles. The fourth-order valence-corrected chi connectivity index (χ4v) is 8.83. The Labute approximate surface area is 367 Å². The average molecular weight is 862 g/mol. The van der Waals surface area contributed by atoms with Gasteiger partial charge in [0, 0.05) is 64.5 Å². The lowest BCUT2D eigenvalue weighted by atomic mass is 9.98. The number of nitrogens with one attached hydrogen (secondary N) is 1. The van der Waals surface area contributed by atoms with Crippen molar-refractivity contribution in [2.45, 2.75) is 98.1 Å². The average Bonchev–Trinajstić information content (AvgIpc) is 3.41. The van der Waals surface area contributed by atoms with Crippen molar-refractivity contribution < 1.29 is 33.1 Å². The van der Waals surface area contributed by atoms with Crippen LogP contribution in [0.5, 0.6) is 0 Å². The maximum Gasteiger partial charge on any atom is 0.419 e. The van der Waals surface area contributed by atoms with Crippen molar-refractivity contribution in [3.8, 4) is 0 Å². The Kier molecular flexibility index (Phi) is 17.4. The van der Waals surface area contributed by atoms with Crippen molar-refractivity contribution in [1.29, 1.82) is 0 Å². The minimum absolute atomic E-state index is 0. The van der Waals surface area contributed by atoms with Gasteiger partial charge in [0.15, 0.2) is 11.7 Å². The highest BCUT2D eigenvalue weighted by atomic mass is 16.6. The maximum absolute atomic E-state index is 13.8. The third-order valence-corrected chi connectivity index (χ3v) is 12.7. The third kappa shape index (κ3) is 12.8. The van der Waals surface area contributed by atoms with Gasteiger partial charge in [-0.25, -0.2) is 14.4 Å². The fourth-order valence-electron chi connectivity index (χ4n) is 8.83. The molecule has 0 radical (unpaired) electrons. The summed E-state index contributed by atoms with van der Waals surface area (Å²) >= 11 is 0. The van der Waals surface area contributed by atoms with Gasteiger partial charge >= 0.3 is 23.8 Å². The molecule has 3 fully saturated rings. The maximum atomic E-state index is 13.8. The molecule has 0 aliphatic carbocycles. The standard InChI is InChI=1S/C33H41N5O6.C13H26N2O2.CH4/c1-21-8-13-36(14-9-21)30(39)28(20-23-18-22(2)29-27(19-23)43-32(41)35(29)3)44-33(42)37-15-11-25(12-16-37)38-17-10-24-6-4-5-7-26(24)34-31(38)40;1-12-5-8-15(9-6-12)11-13(16)17-10-4-7-14(2)3;/h4-7,18-19,21,25,28H,8-17,20H2,1-3H3,(H,34,40);12H,4-11H2,1-3H3;1H4/t28-;;/m1../s1. The number of urea groups is 1. The second-order valence-electron chi connectivity index (χ2n) is 17.9. The first kappa shape index (κ1) is 48.1. The van der Waals surface area contributed by atoms with Crippen LogP contribution in [0, 0.1) is 18.8 Å². The molecule has 0 spiro atoms. The van der Waals surface area contributed by atoms with Crippen LogP contribution >= 0.6 is 0 Å². The number of esters is 1. The highest BCUT2D eigenvalue weighted by Crippen LogP contribution is 2.27. The number of hydrogen-bond acceptors (Lipinski definition) is 10. The second-order valence-corrected chi connectivity index (χ2v) is 17.9. The minimum atomic E-state index is -1.00. The number of carbonyl (C=O) groups excluding carboxylic acids is 4. The Bertz CT molecular complexity index is 2020. The van der Waals surface area contributed by atoms with Crippen LogP contribution < -0.4 is 11.1 Å². The molecule has 5 heterocycles. The van der Waals surface area contributed by atoms with Gasteiger partial charge in [-0.1, -0.05) is 45.5 Å². The predicted octanol–water partition coefficient (Wildman–Crippen LogP) is 6.15. The molecule has 3 saturated heterocycles. The number of oxazole rings is 1. The quantitative estimate of drug-likeness (QED) is 0.176. The van der Waals surface area contributed by atoms with Crippen LogP contribution in [0.1, 0.15) is 82.9 Å².